The SMILES string of the molecule is CCCCCCC(=O)Oc1c(O)c(O)c(C(=O)CCCCCC)c(C(=O)OCc2ccccc2Br)c1C(=O)CCCCCC. The summed E-state index contributed by atoms with van der Waals surface area (Å²) in [5.74, 6) is -5.39. The normalized spacial score (nSPS) is 10.9. The van der Waals surface area contributed by atoms with E-state index in [0.717, 1.165) is 57.8 Å². The fourth-order valence-electron chi connectivity index (χ4n) is 4.91. The molecule has 0 aliphatic rings. The number of phenols is 2. The molecule has 0 aromatic heterocycles. The molecule has 0 heterocycles. The molecule has 9 heteroatoms. The van der Waals surface area contributed by atoms with Crippen LogP contribution in [-0.4, -0.2) is 33.7 Å². The van der Waals surface area contributed by atoms with Crippen molar-refractivity contribution in [3.63, 3.8) is 0 Å². The third-order valence-corrected chi connectivity index (χ3v) is 8.22. The summed E-state index contributed by atoms with van der Waals surface area (Å²) in [7, 11) is 0. The Hall–Kier alpha value is -3.20. The smallest absolute Gasteiger partial charge is 0.340 e. The summed E-state index contributed by atoms with van der Waals surface area (Å²) in [4.78, 5) is 54.0. The number of carbonyl (C=O) groups is 4. The van der Waals surface area contributed by atoms with E-state index >= 15 is 0 Å². The van der Waals surface area contributed by atoms with Crippen LogP contribution in [0.2, 0.25) is 0 Å². The van der Waals surface area contributed by atoms with E-state index in [-0.39, 0.29) is 25.9 Å². The lowest BCUT2D eigenvalue weighted by atomic mass is 9.89. The number of Topliss-reactive ketones (excluding diaryl/α,β-unsaturated/α-hetero) is 2. The summed E-state index contributed by atoms with van der Waals surface area (Å²) in [6.07, 6.45) is 9.41. The molecule has 0 bridgehead atoms. The van der Waals surface area contributed by atoms with E-state index in [1.807, 2.05) is 20.8 Å². The van der Waals surface area contributed by atoms with Gasteiger partial charge in [-0.15, -0.1) is 0 Å². The van der Waals surface area contributed by atoms with E-state index in [1.165, 1.54) is 0 Å². The Labute approximate surface area is 269 Å². The molecular formula is C35H47BrO8. The summed E-state index contributed by atoms with van der Waals surface area (Å²) >= 11 is 3.42. The highest BCUT2D eigenvalue weighted by Crippen LogP contribution is 2.46. The van der Waals surface area contributed by atoms with Crippen LogP contribution in [0.5, 0.6) is 17.2 Å². The molecule has 0 atom stereocenters. The van der Waals surface area contributed by atoms with E-state index < -0.39 is 57.4 Å². The van der Waals surface area contributed by atoms with Crippen LogP contribution < -0.4 is 4.74 Å². The lowest BCUT2D eigenvalue weighted by Crippen LogP contribution is -2.21. The van der Waals surface area contributed by atoms with E-state index in [2.05, 4.69) is 15.9 Å². The Bertz CT molecular complexity index is 1270. The molecular weight excluding hydrogens is 628 g/mol. The first-order valence-corrected chi connectivity index (χ1v) is 16.8. The van der Waals surface area contributed by atoms with Crippen molar-refractivity contribution in [2.24, 2.45) is 0 Å². The number of ether oxygens (including phenoxy) is 2. The largest absolute Gasteiger partial charge is 0.504 e. The Morgan fingerprint density at radius 1 is 0.659 bits per heavy atom. The van der Waals surface area contributed by atoms with Crippen molar-refractivity contribution in [3.8, 4) is 17.2 Å². The minimum absolute atomic E-state index is 0.0140. The minimum atomic E-state index is -1.04. The lowest BCUT2D eigenvalue weighted by molar-refractivity contribution is -0.134. The molecule has 0 aliphatic heterocycles. The topological polar surface area (TPSA) is 127 Å². The highest BCUT2D eigenvalue weighted by molar-refractivity contribution is 9.10. The third-order valence-electron chi connectivity index (χ3n) is 7.45. The van der Waals surface area contributed by atoms with Crippen molar-refractivity contribution in [1.82, 2.24) is 0 Å². The van der Waals surface area contributed by atoms with Gasteiger partial charge >= 0.3 is 11.9 Å². The molecule has 2 N–H and O–H groups in total. The molecule has 2 aromatic rings. The summed E-state index contributed by atoms with van der Waals surface area (Å²) in [6.45, 7) is 5.92. The first-order valence-electron chi connectivity index (χ1n) is 16.0. The van der Waals surface area contributed by atoms with E-state index in [9.17, 15) is 29.4 Å². The molecule has 0 fully saturated rings. The van der Waals surface area contributed by atoms with Crippen molar-refractivity contribution in [1.29, 1.82) is 0 Å². The number of esters is 2. The zero-order chi connectivity index (χ0) is 32.5. The van der Waals surface area contributed by atoms with Crippen LogP contribution in [0.3, 0.4) is 0 Å². The molecule has 44 heavy (non-hydrogen) atoms. The zero-order valence-corrected chi connectivity index (χ0v) is 27.9. The van der Waals surface area contributed by atoms with E-state index in [1.54, 1.807) is 24.3 Å². The maximum Gasteiger partial charge on any atom is 0.340 e. The second-order valence-electron chi connectivity index (χ2n) is 11.1. The predicted octanol–water partition coefficient (Wildman–Crippen LogP) is 9.40. The third kappa shape index (κ3) is 11.1. The van der Waals surface area contributed by atoms with Crippen LogP contribution in [0, 0.1) is 0 Å². The number of ketones is 2. The molecule has 0 amide bonds. The van der Waals surface area contributed by atoms with E-state index in [0.29, 0.717) is 29.3 Å². The van der Waals surface area contributed by atoms with Gasteiger partial charge in [-0.05, 0) is 25.3 Å². The monoisotopic (exact) mass is 674 g/mol. The second kappa shape index (κ2) is 20.0. The molecule has 0 saturated heterocycles. The van der Waals surface area contributed by atoms with E-state index in [4.69, 9.17) is 9.47 Å². The van der Waals surface area contributed by atoms with Gasteiger partial charge in [0, 0.05) is 29.3 Å². The van der Waals surface area contributed by atoms with Gasteiger partial charge in [0.1, 0.15) is 6.61 Å². The lowest BCUT2D eigenvalue weighted by Gasteiger charge is -2.20. The second-order valence-corrected chi connectivity index (χ2v) is 11.9. The van der Waals surface area contributed by atoms with Gasteiger partial charge in [-0.2, -0.15) is 0 Å². The molecule has 0 saturated carbocycles. The van der Waals surface area contributed by atoms with Gasteiger partial charge < -0.3 is 19.7 Å². The van der Waals surface area contributed by atoms with Crippen molar-refractivity contribution in [2.75, 3.05) is 0 Å². The Kier molecular flexibility index (Phi) is 16.8. The number of phenolic OH excluding ortho intramolecular Hbond substituents is 2. The average molecular weight is 676 g/mol. The zero-order valence-electron chi connectivity index (χ0n) is 26.3. The first kappa shape index (κ1) is 37.0. The number of carbonyl (C=O) groups excluding carboxylic acids is 4. The summed E-state index contributed by atoms with van der Waals surface area (Å²) in [5, 5.41) is 22.2. The molecule has 0 aliphatic carbocycles. The maximum atomic E-state index is 13.8. The van der Waals surface area contributed by atoms with Crippen LogP contribution in [0.15, 0.2) is 28.7 Å². The number of unbranched alkanes of at least 4 members (excludes halogenated alkanes) is 9. The van der Waals surface area contributed by atoms with Gasteiger partial charge in [-0.25, -0.2) is 4.79 Å². The summed E-state index contributed by atoms with van der Waals surface area (Å²) in [5.41, 5.74) is -0.742. The molecule has 8 nitrogen and oxygen atoms in total. The molecule has 0 spiro atoms. The van der Waals surface area contributed by atoms with Crippen LogP contribution in [0.25, 0.3) is 0 Å². The standard InChI is InChI=1S/C35H47BrO8/c1-4-7-10-13-20-26(37)29-31(35(42)43-23-24-18-16-17-19-25(24)36)30(27(38)21-14-11-8-5-2)34(33(41)32(29)40)44-28(39)22-15-12-9-6-3/h16-19,40-41H,4-15,20-23H2,1-3H3. The number of hydrogen-bond donors (Lipinski definition) is 2. The molecule has 2 aromatic carbocycles. The average Bonchev–Trinajstić information content (AvgIpc) is 3.01. The van der Waals surface area contributed by atoms with Crippen molar-refractivity contribution in [2.45, 2.75) is 124 Å². The number of hydrogen-bond acceptors (Lipinski definition) is 8. The van der Waals surface area contributed by atoms with Crippen LogP contribution in [0.4, 0.5) is 0 Å². The van der Waals surface area contributed by atoms with Crippen LogP contribution in [-0.2, 0) is 16.1 Å². The fraction of sp³-hybridized carbons (Fsp3) is 0.543. The minimum Gasteiger partial charge on any atom is -0.504 e. The van der Waals surface area contributed by atoms with Crippen LogP contribution in [0.1, 0.15) is 154 Å². The molecule has 0 unspecified atom stereocenters. The van der Waals surface area contributed by atoms with Gasteiger partial charge in [0.2, 0.25) is 5.75 Å². The van der Waals surface area contributed by atoms with Gasteiger partial charge in [0.25, 0.3) is 0 Å². The highest BCUT2D eigenvalue weighted by Gasteiger charge is 2.36. The van der Waals surface area contributed by atoms with Crippen molar-refractivity contribution >= 4 is 39.4 Å². The van der Waals surface area contributed by atoms with Gasteiger partial charge in [0.15, 0.2) is 23.1 Å². The predicted molar refractivity (Wildman–Crippen MR) is 174 cm³/mol. The van der Waals surface area contributed by atoms with Crippen molar-refractivity contribution in [3.05, 3.63) is 51.0 Å². The first-order chi connectivity index (χ1) is 21.2. The van der Waals surface area contributed by atoms with Gasteiger partial charge in [-0.1, -0.05) is 113 Å². The quantitative estimate of drug-likeness (QED) is 0.0441. The Morgan fingerprint density at radius 2 is 1.18 bits per heavy atom. The maximum absolute atomic E-state index is 13.8. The molecule has 2 rings (SSSR count). The number of halogens is 1. The highest BCUT2D eigenvalue weighted by atomic mass is 79.9. The Balaban J connectivity index is 2.66. The molecule has 0 radical (unpaired) electrons. The summed E-state index contributed by atoms with van der Waals surface area (Å²) < 4.78 is 11.8. The van der Waals surface area contributed by atoms with Crippen molar-refractivity contribution < 1.29 is 38.9 Å². The fourth-order valence-corrected chi connectivity index (χ4v) is 5.31. The number of rotatable bonds is 21. The van der Waals surface area contributed by atoms with Crippen LogP contribution >= 0.6 is 15.9 Å². The number of benzene rings is 2. The summed E-state index contributed by atoms with van der Waals surface area (Å²) in [6, 6.07) is 7.11. The number of aromatic hydroxyl groups is 2. The molecule has 242 valence electrons. The van der Waals surface area contributed by atoms with Gasteiger partial charge in [0.05, 0.1) is 16.7 Å². The van der Waals surface area contributed by atoms with Gasteiger partial charge in [-0.3, -0.25) is 14.4 Å². The Morgan fingerprint density at radius 3 is 1.73 bits per heavy atom.